The number of carbonyl (C=O) groups is 2. The lowest BCUT2D eigenvalue weighted by molar-refractivity contribution is -0.127. The van der Waals surface area contributed by atoms with Crippen LogP contribution in [-0.4, -0.2) is 23.3 Å². The SMILES string of the molecule is NC(=O)COc1ccc(/C=C/C(=O)N(Cc2ccco2)Cc2cccs2)cc1. The van der Waals surface area contributed by atoms with Crippen LogP contribution in [0.25, 0.3) is 6.08 Å². The molecule has 3 aromatic rings. The smallest absolute Gasteiger partial charge is 0.255 e. The van der Waals surface area contributed by atoms with Gasteiger partial charge < -0.3 is 19.8 Å². The first-order valence-corrected chi connectivity index (χ1v) is 9.51. The zero-order valence-electron chi connectivity index (χ0n) is 15.1. The molecular formula is C21H20N2O4S. The van der Waals surface area contributed by atoms with E-state index in [1.54, 1.807) is 58.9 Å². The molecular weight excluding hydrogens is 376 g/mol. The van der Waals surface area contributed by atoms with E-state index >= 15 is 0 Å². The van der Waals surface area contributed by atoms with Gasteiger partial charge in [0.25, 0.3) is 5.91 Å². The van der Waals surface area contributed by atoms with E-state index in [0.717, 1.165) is 16.2 Å². The Morgan fingerprint density at radius 2 is 1.93 bits per heavy atom. The van der Waals surface area contributed by atoms with Crippen LogP contribution in [0.5, 0.6) is 5.75 Å². The fraction of sp³-hybridized carbons (Fsp3) is 0.143. The van der Waals surface area contributed by atoms with Crippen LogP contribution in [0.2, 0.25) is 0 Å². The summed E-state index contributed by atoms with van der Waals surface area (Å²) in [4.78, 5) is 26.3. The average Bonchev–Trinajstić information content (AvgIpc) is 3.39. The molecule has 2 N–H and O–H groups in total. The number of carbonyl (C=O) groups excluding carboxylic acids is 2. The summed E-state index contributed by atoms with van der Waals surface area (Å²) in [5.74, 6) is 0.629. The Morgan fingerprint density at radius 3 is 2.57 bits per heavy atom. The van der Waals surface area contributed by atoms with Gasteiger partial charge >= 0.3 is 0 Å². The molecule has 3 rings (SSSR count). The third-order valence-electron chi connectivity index (χ3n) is 3.84. The molecule has 0 aliphatic heterocycles. The van der Waals surface area contributed by atoms with Crippen LogP contribution in [-0.2, 0) is 22.7 Å². The summed E-state index contributed by atoms with van der Waals surface area (Å²) in [6.07, 6.45) is 4.88. The standard InChI is InChI=1S/C21H20N2O4S/c22-20(24)15-27-17-8-5-16(6-9-17)7-10-21(25)23(13-18-3-1-11-26-18)14-19-4-2-12-28-19/h1-12H,13-15H2,(H2,22,24)/b10-7+. The summed E-state index contributed by atoms with van der Waals surface area (Å²) in [5.41, 5.74) is 5.89. The van der Waals surface area contributed by atoms with Gasteiger partial charge in [-0.3, -0.25) is 9.59 Å². The number of nitrogens with zero attached hydrogens (tertiary/aromatic N) is 1. The Bertz CT molecular complexity index is 880. The van der Waals surface area contributed by atoms with E-state index in [1.807, 2.05) is 23.6 Å². The molecule has 0 radical (unpaired) electrons. The van der Waals surface area contributed by atoms with E-state index < -0.39 is 5.91 Å². The van der Waals surface area contributed by atoms with Crippen molar-refractivity contribution in [2.45, 2.75) is 13.1 Å². The van der Waals surface area contributed by atoms with Gasteiger partial charge in [0, 0.05) is 11.0 Å². The molecule has 144 valence electrons. The lowest BCUT2D eigenvalue weighted by Crippen LogP contribution is -2.27. The minimum atomic E-state index is -0.531. The summed E-state index contributed by atoms with van der Waals surface area (Å²) in [6.45, 7) is 0.744. The average molecular weight is 396 g/mol. The second-order valence-electron chi connectivity index (χ2n) is 6.01. The number of rotatable bonds is 9. The van der Waals surface area contributed by atoms with Crippen molar-refractivity contribution in [3.63, 3.8) is 0 Å². The number of nitrogens with two attached hydrogens (primary N) is 1. The van der Waals surface area contributed by atoms with Gasteiger partial charge in [-0.05, 0) is 47.4 Å². The Labute approximate surface area is 166 Å². The van der Waals surface area contributed by atoms with Crippen molar-refractivity contribution in [1.82, 2.24) is 4.90 Å². The number of primary amides is 1. The first kappa shape index (κ1) is 19.4. The van der Waals surface area contributed by atoms with E-state index in [0.29, 0.717) is 18.8 Å². The van der Waals surface area contributed by atoms with Crippen LogP contribution in [0.4, 0.5) is 0 Å². The number of amides is 2. The van der Waals surface area contributed by atoms with Crippen molar-refractivity contribution in [2.75, 3.05) is 6.61 Å². The van der Waals surface area contributed by atoms with Crippen molar-refractivity contribution >= 4 is 29.2 Å². The molecule has 1 aromatic carbocycles. The Balaban J connectivity index is 1.65. The molecule has 2 heterocycles. The molecule has 0 aliphatic carbocycles. The topological polar surface area (TPSA) is 85.8 Å². The van der Waals surface area contributed by atoms with Crippen LogP contribution in [0.15, 0.2) is 70.7 Å². The Kier molecular flexibility index (Phi) is 6.64. The molecule has 0 fully saturated rings. The number of hydrogen-bond acceptors (Lipinski definition) is 5. The predicted octanol–water partition coefficient (Wildman–Crippen LogP) is 3.45. The van der Waals surface area contributed by atoms with E-state index in [1.165, 1.54) is 6.08 Å². The van der Waals surface area contributed by atoms with Crippen molar-refractivity contribution in [3.8, 4) is 5.75 Å². The molecule has 0 aliphatic rings. The van der Waals surface area contributed by atoms with Crippen LogP contribution < -0.4 is 10.5 Å². The lowest BCUT2D eigenvalue weighted by atomic mass is 10.2. The molecule has 28 heavy (non-hydrogen) atoms. The fourth-order valence-corrected chi connectivity index (χ4v) is 3.22. The van der Waals surface area contributed by atoms with Gasteiger partial charge in [0.2, 0.25) is 5.91 Å². The third kappa shape index (κ3) is 5.85. The van der Waals surface area contributed by atoms with Gasteiger partial charge in [-0.1, -0.05) is 18.2 Å². The molecule has 6 nitrogen and oxygen atoms in total. The second-order valence-corrected chi connectivity index (χ2v) is 7.04. The molecule has 0 unspecified atom stereocenters. The van der Waals surface area contributed by atoms with Gasteiger partial charge in [-0.25, -0.2) is 0 Å². The van der Waals surface area contributed by atoms with Crippen molar-refractivity contribution in [2.24, 2.45) is 5.73 Å². The summed E-state index contributed by atoms with van der Waals surface area (Å²) in [5, 5.41) is 1.99. The summed E-state index contributed by atoms with van der Waals surface area (Å²) in [7, 11) is 0. The summed E-state index contributed by atoms with van der Waals surface area (Å²) in [6, 6.07) is 14.7. The molecule has 0 bridgehead atoms. The maximum atomic E-state index is 12.7. The van der Waals surface area contributed by atoms with Crippen LogP contribution in [0, 0.1) is 0 Å². The van der Waals surface area contributed by atoms with E-state index in [9.17, 15) is 9.59 Å². The third-order valence-corrected chi connectivity index (χ3v) is 4.71. The van der Waals surface area contributed by atoms with Crippen LogP contribution in [0.3, 0.4) is 0 Å². The highest BCUT2D eigenvalue weighted by Crippen LogP contribution is 2.17. The van der Waals surface area contributed by atoms with Gasteiger partial charge in [0.1, 0.15) is 11.5 Å². The zero-order valence-corrected chi connectivity index (χ0v) is 15.9. The highest BCUT2D eigenvalue weighted by molar-refractivity contribution is 7.09. The van der Waals surface area contributed by atoms with Gasteiger partial charge in [0.05, 0.1) is 19.4 Å². The fourth-order valence-electron chi connectivity index (χ4n) is 2.50. The van der Waals surface area contributed by atoms with Gasteiger partial charge in [0.15, 0.2) is 6.61 Å². The minimum Gasteiger partial charge on any atom is -0.484 e. The summed E-state index contributed by atoms with van der Waals surface area (Å²) >= 11 is 1.61. The first-order valence-electron chi connectivity index (χ1n) is 8.63. The Hall–Kier alpha value is -3.32. The number of furan rings is 1. The molecule has 0 saturated heterocycles. The quantitative estimate of drug-likeness (QED) is 0.562. The van der Waals surface area contributed by atoms with E-state index in [4.69, 9.17) is 14.9 Å². The van der Waals surface area contributed by atoms with Crippen molar-refractivity contribution in [3.05, 3.63) is 82.5 Å². The van der Waals surface area contributed by atoms with E-state index in [2.05, 4.69) is 0 Å². The van der Waals surface area contributed by atoms with Crippen molar-refractivity contribution < 1.29 is 18.7 Å². The molecule has 0 atom stereocenters. The highest BCUT2D eigenvalue weighted by atomic mass is 32.1. The number of hydrogen-bond donors (Lipinski definition) is 1. The first-order chi connectivity index (χ1) is 13.6. The largest absolute Gasteiger partial charge is 0.484 e. The van der Waals surface area contributed by atoms with Crippen molar-refractivity contribution in [1.29, 1.82) is 0 Å². The molecule has 0 saturated carbocycles. The van der Waals surface area contributed by atoms with E-state index in [-0.39, 0.29) is 12.5 Å². The monoisotopic (exact) mass is 396 g/mol. The number of thiophene rings is 1. The number of ether oxygens (including phenoxy) is 1. The lowest BCUT2D eigenvalue weighted by Gasteiger charge is -2.19. The van der Waals surface area contributed by atoms with Crippen LogP contribution >= 0.6 is 11.3 Å². The number of benzene rings is 1. The van der Waals surface area contributed by atoms with Gasteiger partial charge in [-0.15, -0.1) is 11.3 Å². The maximum Gasteiger partial charge on any atom is 0.255 e. The van der Waals surface area contributed by atoms with Crippen LogP contribution in [0.1, 0.15) is 16.2 Å². The second kappa shape index (κ2) is 9.57. The Morgan fingerprint density at radius 1 is 1.11 bits per heavy atom. The maximum absolute atomic E-state index is 12.7. The molecule has 0 spiro atoms. The highest BCUT2D eigenvalue weighted by Gasteiger charge is 2.14. The normalized spacial score (nSPS) is 10.9. The predicted molar refractivity (Wildman–Crippen MR) is 107 cm³/mol. The minimum absolute atomic E-state index is 0.112. The van der Waals surface area contributed by atoms with Gasteiger partial charge in [-0.2, -0.15) is 0 Å². The molecule has 7 heteroatoms. The molecule has 2 aromatic heterocycles. The zero-order chi connectivity index (χ0) is 19.8. The summed E-state index contributed by atoms with van der Waals surface area (Å²) < 4.78 is 10.6. The molecule has 2 amide bonds.